The molecule has 1 aromatic heterocycles. The summed E-state index contributed by atoms with van der Waals surface area (Å²) in [5.41, 5.74) is 0.729. The maximum atomic E-state index is 12.5. The van der Waals surface area contributed by atoms with Gasteiger partial charge in [-0.1, -0.05) is 28.9 Å². The van der Waals surface area contributed by atoms with E-state index in [4.69, 9.17) is 16.1 Å². The lowest BCUT2D eigenvalue weighted by Crippen LogP contribution is -2.47. The van der Waals surface area contributed by atoms with Crippen molar-refractivity contribution in [2.45, 2.75) is 38.1 Å². The van der Waals surface area contributed by atoms with Crippen molar-refractivity contribution in [3.05, 3.63) is 35.2 Å². The maximum absolute atomic E-state index is 12.5. The minimum atomic E-state index is 0.102. The Morgan fingerprint density at radius 1 is 1.37 bits per heavy atom. The van der Waals surface area contributed by atoms with Gasteiger partial charge in [-0.15, -0.1) is 0 Å². The van der Waals surface area contributed by atoms with Crippen molar-refractivity contribution in [3.63, 3.8) is 0 Å². The molecule has 4 rings (SSSR count). The lowest BCUT2D eigenvalue weighted by molar-refractivity contribution is -0.133. The molecule has 2 aromatic rings. The average Bonchev–Trinajstić information content (AvgIpc) is 3.27. The number of hydrogen-bond acceptors (Lipinski definition) is 5. The topological polar surface area (TPSA) is 88.3 Å². The van der Waals surface area contributed by atoms with Gasteiger partial charge in [0.2, 0.25) is 23.5 Å². The molecule has 0 bridgehead atoms. The Morgan fingerprint density at radius 2 is 2.22 bits per heavy atom. The molecule has 2 fully saturated rings. The molecule has 3 heterocycles. The number of aromatic nitrogens is 2. The van der Waals surface area contributed by atoms with Gasteiger partial charge in [0.15, 0.2) is 0 Å². The largest absolute Gasteiger partial charge is 0.353 e. The Balaban J connectivity index is 1.27. The van der Waals surface area contributed by atoms with E-state index < -0.39 is 0 Å². The number of hydrogen-bond donors (Lipinski definition) is 1. The van der Waals surface area contributed by atoms with E-state index in [-0.39, 0.29) is 23.8 Å². The highest BCUT2D eigenvalue weighted by Gasteiger charge is 2.37. The summed E-state index contributed by atoms with van der Waals surface area (Å²) in [6, 6.07) is 7.57. The van der Waals surface area contributed by atoms with E-state index in [0.717, 1.165) is 12.0 Å². The normalized spacial score (nSPS) is 21.8. The average molecular weight is 389 g/mol. The van der Waals surface area contributed by atoms with E-state index in [2.05, 4.69) is 15.5 Å². The highest BCUT2D eigenvalue weighted by Crippen LogP contribution is 2.27. The van der Waals surface area contributed by atoms with Crippen molar-refractivity contribution in [1.29, 1.82) is 0 Å². The standard InChI is InChI=1S/C19H21ClN4O3/c20-14-5-2-1-4-13(14)19-22-17(27-23-19)6-3-7-18(26)24-9-8-15-12(11-24)10-16(25)21-15/h1-2,4-5,12,15H,3,6-11H2,(H,21,25)/t12-,15+/m1/s1. The predicted octanol–water partition coefficient (Wildman–Crippen LogP) is 2.45. The van der Waals surface area contributed by atoms with Crippen LogP contribution in [0.3, 0.4) is 0 Å². The smallest absolute Gasteiger partial charge is 0.226 e. The molecule has 2 aliphatic heterocycles. The quantitative estimate of drug-likeness (QED) is 0.849. The van der Waals surface area contributed by atoms with Gasteiger partial charge < -0.3 is 14.7 Å². The zero-order chi connectivity index (χ0) is 18.8. The van der Waals surface area contributed by atoms with Crippen LogP contribution in [0.1, 0.15) is 31.6 Å². The third-order valence-corrected chi connectivity index (χ3v) is 5.57. The third-order valence-electron chi connectivity index (χ3n) is 5.24. The van der Waals surface area contributed by atoms with Crippen molar-refractivity contribution in [3.8, 4) is 11.4 Å². The zero-order valence-corrected chi connectivity index (χ0v) is 15.6. The molecule has 1 aromatic carbocycles. The molecule has 7 nitrogen and oxygen atoms in total. The van der Waals surface area contributed by atoms with Crippen LogP contribution >= 0.6 is 11.6 Å². The number of nitrogens with zero attached hydrogens (tertiary/aromatic N) is 3. The van der Waals surface area contributed by atoms with E-state index in [0.29, 0.717) is 55.5 Å². The summed E-state index contributed by atoms with van der Waals surface area (Å²) in [6.07, 6.45) is 2.99. The second-order valence-corrected chi connectivity index (χ2v) is 7.52. The summed E-state index contributed by atoms with van der Waals surface area (Å²) in [5.74, 6) is 1.44. The summed E-state index contributed by atoms with van der Waals surface area (Å²) in [7, 11) is 0. The molecule has 0 aliphatic carbocycles. The molecular weight excluding hydrogens is 368 g/mol. The number of piperidine rings is 1. The second kappa shape index (κ2) is 7.68. The molecule has 0 spiro atoms. The van der Waals surface area contributed by atoms with Crippen LogP contribution in [0, 0.1) is 5.92 Å². The van der Waals surface area contributed by atoms with Crippen molar-refractivity contribution < 1.29 is 14.1 Å². The van der Waals surface area contributed by atoms with Crippen LogP contribution in [-0.4, -0.2) is 46.0 Å². The first-order valence-electron chi connectivity index (χ1n) is 9.25. The summed E-state index contributed by atoms with van der Waals surface area (Å²) in [5, 5.41) is 7.53. The fraction of sp³-hybridized carbons (Fsp3) is 0.474. The Hall–Kier alpha value is -2.41. The number of carbonyl (C=O) groups excluding carboxylic acids is 2. The third kappa shape index (κ3) is 3.98. The molecule has 1 N–H and O–H groups in total. The first-order valence-corrected chi connectivity index (χ1v) is 9.62. The van der Waals surface area contributed by atoms with E-state index >= 15 is 0 Å². The van der Waals surface area contributed by atoms with Gasteiger partial charge in [0.05, 0.1) is 5.02 Å². The molecular formula is C19H21ClN4O3. The van der Waals surface area contributed by atoms with Gasteiger partial charge >= 0.3 is 0 Å². The number of aryl methyl sites for hydroxylation is 1. The van der Waals surface area contributed by atoms with E-state index in [9.17, 15) is 9.59 Å². The second-order valence-electron chi connectivity index (χ2n) is 7.11. The van der Waals surface area contributed by atoms with Crippen LogP contribution < -0.4 is 5.32 Å². The van der Waals surface area contributed by atoms with E-state index in [1.54, 1.807) is 6.07 Å². The summed E-state index contributed by atoms with van der Waals surface area (Å²) < 4.78 is 5.28. The van der Waals surface area contributed by atoms with Gasteiger partial charge in [-0.3, -0.25) is 9.59 Å². The summed E-state index contributed by atoms with van der Waals surface area (Å²) in [4.78, 5) is 30.2. The van der Waals surface area contributed by atoms with Crippen LogP contribution in [0.5, 0.6) is 0 Å². The van der Waals surface area contributed by atoms with Crippen LogP contribution in [0.2, 0.25) is 5.02 Å². The number of halogens is 1. The van der Waals surface area contributed by atoms with Gasteiger partial charge in [-0.25, -0.2) is 0 Å². The molecule has 2 amide bonds. The SMILES string of the molecule is O=C1C[C@@H]2CN(C(=O)CCCc3nc(-c4ccccc4Cl)no3)CC[C@@H]2N1. The summed E-state index contributed by atoms with van der Waals surface area (Å²) in [6.45, 7) is 1.37. The first kappa shape index (κ1) is 18.0. The molecule has 2 aliphatic rings. The highest BCUT2D eigenvalue weighted by atomic mass is 35.5. The molecule has 2 atom stereocenters. The van der Waals surface area contributed by atoms with Gasteiger partial charge in [-0.2, -0.15) is 4.98 Å². The van der Waals surface area contributed by atoms with Gasteiger partial charge in [0.1, 0.15) is 0 Å². The predicted molar refractivity (Wildman–Crippen MR) is 98.9 cm³/mol. The zero-order valence-electron chi connectivity index (χ0n) is 14.9. The Kier molecular flexibility index (Phi) is 5.11. The Bertz CT molecular complexity index is 853. The molecule has 27 heavy (non-hydrogen) atoms. The van der Waals surface area contributed by atoms with Crippen molar-refractivity contribution in [2.75, 3.05) is 13.1 Å². The van der Waals surface area contributed by atoms with E-state index in [1.165, 1.54) is 0 Å². The minimum absolute atomic E-state index is 0.102. The van der Waals surface area contributed by atoms with Crippen molar-refractivity contribution in [1.82, 2.24) is 20.4 Å². The highest BCUT2D eigenvalue weighted by molar-refractivity contribution is 6.33. The molecule has 0 unspecified atom stereocenters. The number of carbonyl (C=O) groups is 2. The van der Waals surface area contributed by atoms with Crippen LogP contribution in [-0.2, 0) is 16.0 Å². The number of nitrogens with one attached hydrogen (secondary N) is 1. The van der Waals surface area contributed by atoms with Gasteiger partial charge in [0, 0.05) is 49.9 Å². The molecule has 142 valence electrons. The molecule has 0 radical (unpaired) electrons. The fourth-order valence-electron chi connectivity index (χ4n) is 3.82. The maximum Gasteiger partial charge on any atom is 0.226 e. The molecule has 2 saturated heterocycles. The number of amides is 2. The van der Waals surface area contributed by atoms with Crippen LogP contribution in [0.4, 0.5) is 0 Å². The van der Waals surface area contributed by atoms with E-state index in [1.807, 2.05) is 23.1 Å². The monoisotopic (exact) mass is 388 g/mol. The first-order chi connectivity index (χ1) is 13.1. The molecule has 8 heteroatoms. The number of benzene rings is 1. The van der Waals surface area contributed by atoms with Gasteiger partial charge in [-0.05, 0) is 25.0 Å². The lowest BCUT2D eigenvalue weighted by atomic mass is 9.93. The number of rotatable bonds is 5. The Morgan fingerprint density at radius 3 is 3.07 bits per heavy atom. The van der Waals surface area contributed by atoms with Crippen LogP contribution in [0.25, 0.3) is 11.4 Å². The number of likely N-dealkylation sites (tertiary alicyclic amines) is 1. The molecule has 0 saturated carbocycles. The minimum Gasteiger partial charge on any atom is -0.353 e. The summed E-state index contributed by atoms with van der Waals surface area (Å²) >= 11 is 6.15. The van der Waals surface area contributed by atoms with Crippen molar-refractivity contribution >= 4 is 23.4 Å². The Labute approximate surface area is 162 Å². The number of fused-ring (bicyclic) bond motifs is 1. The van der Waals surface area contributed by atoms with Crippen LogP contribution in [0.15, 0.2) is 28.8 Å². The van der Waals surface area contributed by atoms with Gasteiger partial charge in [0.25, 0.3) is 0 Å². The lowest BCUT2D eigenvalue weighted by Gasteiger charge is -2.34. The van der Waals surface area contributed by atoms with Crippen molar-refractivity contribution in [2.24, 2.45) is 5.92 Å². The fourth-order valence-corrected chi connectivity index (χ4v) is 4.04.